The maximum absolute atomic E-state index is 14.9. The number of anilines is 1. The number of benzene rings is 2. The molecule has 2 atom stereocenters. The van der Waals surface area contributed by atoms with Crippen LogP contribution in [0.4, 0.5) is 10.1 Å². The van der Waals surface area contributed by atoms with Gasteiger partial charge in [-0.1, -0.05) is 57.9 Å². The van der Waals surface area contributed by atoms with Gasteiger partial charge in [-0.3, -0.25) is 9.59 Å². The number of hydrogen-bond acceptors (Lipinski definition) is 3. The van der Waals surface area contributed by atoms with Gasteiger partial charge in [0.25, 0.3) is 0 Å². The molecule has 36 heavy (non-hydrogen) atoms. The molecule has 2 aromatic rings. The Hall–Kier alpha value is -2.49. The molecule has 0 spiro atoms. The van der Waals surface area contributed by atoms with Crippen LogP contribution in [-0.4, -0.2) is 24.7 Å². The van der Waals surface area contributed by atoms with Gasteiger partial charge < -0.3 is 4.90 Å². The van der Waals surface area contributed by atoms with Crippen LogP contribution in [0.15, 0.2) is 36.4 Å². The summed E-state index contributed by atoms with van der Waals surface area (Å²) < 4.78 is 14.9. The third-order valence-electron chi connectivity index (χ3n) is 7.76. The molecule has 0 bridgehead atoms. The van der Waals surface area contributed by atoms with Gasteiger partial charge in [0.05, 0.1) is 5.69 Å². The molecule has 1 saturated heterocycles. The van der Waals surface area contributed by atoms with E-state index in [4.69, 9.17) is 0 Å². The van der Waals surface area contributed by atoms with Gasteiger partial charge in [-0.25, -0.2) is 4.39 Å². The third kappa shape index (κ3) is 7.51. The largest absolute Gasteiger partial charge is 0.369 e. The second-order valence-corrected chi connectivity index (χ2v) is 10.6. The zero-order valence-corrected chi connectivity index (χ0v) is 22.7. The Morgan fingerprint density at radius 1 is 1.03 bits per heavy atom. The summed E-state index contributed by atoms with van der Waals surface area (Å²) in [5.74, 6) is 0.988. The van der Waals surface area contributed by atoms with Gasteiger partial charge in [0.1, 0.15) is 11.6 Å². The van der Waals surface area contributed by atoms with Crippen molar-refractivity contribution < 1.29 is 14.0 Å². The number of hydrogen-bond donors (Lipinski definition) is 0. The van der Waals surface area contributed by atoms with Crippen LogP contribution in [-0.2, 0) is 24.1 Å². The molecule has 0 amide bonds. The Morgan fingerprint density at radius 3 is 2.47 bits per heavy atom. The van der Waals surface area contributed by atoms with E-state index in [2.05, 4.69) is 25.7 Å². The SMILES string of the molecule is CCCC(CC)C(=O)Cc1ccc(C(C)=O)c(CCCc2ccc(N3CC[C@@H](CCC)C3)c(F)c2)c1. The van der Waals surface area contributed by atoms with Crippen molar-refractivity contribution >= 4 is 17.3 Å². The predicted octanol–water partition coefficient (Wildman–Crippen LogP) is 7.77. The molecule has 1 aliphatic rings. The van der Waals surface area contributed by atoms with E-state index in [1.165, 1.54) is 12.8 Å². The first-order valence-electron chi connectivity index (χ1n) is 14.0. The maximum atomic E-state index is 14.9. The van der Waals surface area contributed by atoms with Crippen molar-refractivity contribution in [3.8, 4) is 0 Å². The molecule has 0 aromatic heterocycles. The molecule has 4 heteroatoms. The van der Waals surface area contributed by atoms with E-state index in [0.29, 0.717) is 12.3 Å². The first kappa shape index (κ1) is 28.1. The van der Waals surface area contributed by atoms with E-state index in [-0.39, 0.29) is 23.3 Å². The minimum atomic E-state index is -0.132. The van der Waals surface area contributed by atoms with Gasteiger partial charge in [0.2, 0.25) is 0 Å². The van der Waals surface area contributed by atoms with Gasteiger partial charge in [-0.15, -0.1) is 0 Å². The first-order valence-corrected chi connectivity index (χ1v) is 14.0. The summed E-state index contributed by atoms with van der Waals surface area (Å²) in [6, 6.07) is 11.5. The molecule has 196 valence electrons. The summed E-state index contributed by atoms with van der Waals surface area (Å²) in [5.41, 5.74) is 4.41. The van der Waals surface area contributed by atoms with Gasteiger partial charge in [-0.05, 0) is 86.6 Å². The predicted molar refractivity (Wildman–Crippen MR) is 147 cm³/mol. The number of carbonyl (C=O) groups is 2. The zero-order valence-electron chi connectivity index (χ0n) is 22.7. The van der Waals surface area contributed by atoms with Crippen LogP contribution in [0, 0.1) is 17.7 Å². The van der Waals surface area contributed by atoms with E-state index < -0.39 is 0 Å². The summed E-state index contributed by atoms with van der Waals surface area (Å²) >= 11 is 0. The van der Waals surface area contributed by atoms with Gasteiger partial charge >= 0.3 is 0 Å². The topological polar surface area (TPSA) is 37.4 Å². The number of carbonyl (C=O) groups excluding carboxylic acids is 2. The van der Waals surface area contributed by atoms with Crippen molar-refractivity contribution in [1.29, 1.82) is 0 Å². The lowest BCUT2D eigenvalue weighted by molar-refractivity contribution is -0.122. The Balaban J connectivity index is 1.63. The van der Waals surface area contributed by atoms with Crippen LogP contribution in [0.1, 0.15) is 99.7 Å². The molecule has 0 N–H and O–H groups in total. The fraction of sp³-hybridized carbons (Fsp3) is 0.562. The fourth-order valence-electron chi connectivity index (χ4n) is 5.73. The summed E-state index contributed by atoms with van der Waals surface area (Å²) in [6.45, 7) is 9.88. The highest BCUT2D eigenvalue weighted by atomic mass is 19.1. The lowest BCUT2D eigenvalue weighted by atomic mass is 9.89. The van der Waals surface area contributed by atoms with Crippen LogP contribution < -0.4 is 4.90 Å². The quantitative estimate of drug-likeness (QED) is 0.252. The molecule has 0 aliphatic carbocycles. The summed E-state index contributed by atoms with van der Waals surface area (Å²) in [7, 11) is 0. The van der Waals surface area contributed by atoms with Crippen LogP contribution in [0.3, 0.4) is 0 Å². The van der Waals surface area contributed by atoms with E-state index >= 15 is 0 Å². The van der Waals surface area contributed by atoms with Gasteiger partial charge in [-0.2, -0.15) is 0 Å². The molecule has 1 heterocycles. The number of nitrogens with zero attached hydrogens (tertiary/aromatic N) is 1. The highest BCUT2D eigenvalue weighted by molar-refractivity contribution is 5.95. The van der Waals surface area contributed by atoms with E-state index in [1.807, 2.05) is 30.3 Å². The van der Waals surface area contributed by atoms with Crippen molar-refractivity contribution in [3.63, 3.8) is 0 Å². The molecule has 1 fully saturated rings. The lowest BCUT2D eigenvalue weighted by Gasteiger charge is -2.20. The maximum Gasteiger partial charge on any atom is 0.160 e. The number of ketones is 2. The lowest BCUT2D eigenvalue weighted by Crippen LogP contribution is -2.20. The summed E-state index contributed by atoms with van der Waals surface area (Å²) in [5, 5.41) is 0. The minimum absolute atomic E-state index is 0.0441. The van der Waals surface area contributed by atoms with Crippen LogP contribution >= 0.6 is 0 Å². The Labute approximate surface area is 217 Å². The van der Waals surface area contributed by atoms with Crippen molar-refractivity contribution in [2.24, 2.45) is 11.8 Å². The van der Waals surface area contributed by atoms with E-state index in [1.54, 1.807) is 13.0 Å². The highest BCUT2D eigenvalue weighted by Crippen LogP contribution is 2.29. The summed E-state index contributed by atoms with van der Waals surface area (Å²) in [6.07, 6.45) is 9.10. The average molecular weight is 494 g/mol. The minimum Gasteiger partial charge on any atom is -0.369 e. The second kappa shape index (κ2) is 13.7. The normalized spacial score (nSPS) is 16.4. The first-order chi connectivity index (χ1) is 17.4. The van der Waals surface area contributed by atoms with E-state index in [0.717, 1.165) is 86.0 Å². The Kier molecular flexibility index (Phi) is 10.7. The number of halogens is 1. The smallest absolute Gasteiger partial charge is 0.160 e. The molecule has 2 aromatic carbocycles. The third-order valence-corrected chi connectivity index (χ3v) is 7.76. The summed E-state index contributed by atoms with van der Waals surface area (Å²) in [4.78, 5) is 27.2. The standard InChI is InChI=1S/C32H44FNO2/c1-5-9-25-17-18-34(22-25)31-16-14-24(20-30(31)33)11-8-12-28-19-26(13-15-29(28)23(4)35)21-32(36)27(7-3)10-6-2/h13-16,19-20,25,27H,5-12,17-18,21-22H2,1-4H3/t25-,27?/m1/s1. The molecule has 1 unspecified atom stereocenters. The van der Waals surface area contributed by atoms with E-state index in [9.17, 15) is 14.0 Å². The Bertz CT molecular complexity index is 1030. The molecule has 0 radical (unpaired) electrons. The Morgan fingerprint density at radius 2 is 1.81 bits per heavy atom. The van der Waals surface area contributed by atoms with Crippen LogP contribution in [0.2, 0.25) is 0 Å². The monoisotopic (exact) mass is 493 g/mol. The van der Waals surface area contributed by atoms with Crippen LogP contribution in [0.25, 0.3) is 0 Å². The second-order valence-electron chi connectivity index (χ2n) is 10.6. The average Bonchev–Trinajstić information content (AvgIpc) is 3.31. The highest BCUT2D eigenvalue weighted by Gasteiger charge is 2.24. The van der Waals surface area contributed by atoms with Crippen molar-refractivity contribution in [1.82, 2.24) is 0 Å². The van der Waals surface area contributed by atoms with Crippen molar-refractivity contribution in [3.05, 3.63) is 64.5 Å². The fourth-order valence-corrected chi connectivity index (χ4v) is 5.73. The molecule has 1 aliphatic heterocycles. The number of Topliss-reactive ketones (excluding diaryl/α,β-unsaturated/α-hetero) is 2. The molecule has 0 saturated carbocycles. The van der Waals surface area contributed by atoms with Crippen molar-refractivity contribution in [2.75, 3.05) is 18.0 Å². The number of rotatable bonds is 14. The van der Waals surface area contributed by atoms with Gasteiger partial charge in [0, 0.05) is 31.0 Å². The van der Waals surface area contributed by atoms with Crippen LogP contribution in [0.5, 0.6) is 0 Å². The van der Waals surface area contributed by atoms with Gasteiger partial charge in [0.15, 0.2) is 5.78 Å². The van der Waals surface area contributed by atoms with Crippen molar-refractivity contribution in [2.45, 2.75) is 91.9 Å². The molecular weight excluding hydrogens is 449 g/mol. The molecular formula is C32H44FNO2. The molecule has 3 rings (SSSR count). The number of aryl methyl sites for hydroxylation is 2. The molecule has 3 nitrogen and oxygen atoms in total. The zero-order chi connectivity index (χ0) is 26.1.